The first-order chi connectivity index (χ1) is 9.71. The van der Waals surface area contributed by atoms with Gasteiger partial charge in [0.05, 0.1) is 11.6 Å². The summed E-state index contributed by atoms with van der Waals surface area (Å²) in [5, 5.41) is 0. The van der Waals surface area contributed by atoms with Gasteiger partial charge < -0.3 is 5.73 Å². The number of nitrogens with two attached hydrogens (primary N) is 1. The molecule has 0 fully saturated rings. The summed E-state index contributed by atoms with van der Waals surface area (Å²) >= 11 is 3.49. The van der Waals surface area contributed by atoms with Crippen LogP contribution in [0.15, 0.2) is 40.9 Å². The van der Waals surface area contributed by atoms with Crippen molar-refractivity contribution < 1.29 is 13.2 Å². The highest BCUT2D eigenvalue weighted by Crippen LogP contribution is 2.34. The van der Waals surface area contributed by atoms with Crippen molar-refractivity contribution in [1.82, 2.24) is 0 Å². The molecule has 0 spiro atoms. The van der Waals surface area contributed by atoms with Crippen LogP contribution in [0, 0.1) is 13.8 Å². The Hall–Kier alpha value is -1.33. The molecule has 1 nitrogen and oxygen atoms in total. The van der Waals surface area contributed by atoms with Gasteiger partial charge in [0.25, 0.3) is 0 Å². The second-order valence-electron chi connectivity index (χ2n) is 5.02. The summed E-state index contributed by atoms with van der Waals surface area (Å²) in [6.45, 7) is 3.59. The second-order valence-corrected chi connectivity index (χ2v) is 5.82. The van der Waals surface area contributed by atoms with E-state index in [0.29, 0.717) is 11.1 Å². The van der Waals surface area contributed by atoms with Crippen LogP contribution in [0.2, 0.25) is 0 Å². The average molecular weight is 358 g/mol. The Morgan fingerprint density at radius 3 is 2.24 bits per heavy atom. The normalized spacial score (nSPS) is 13.3. The zero-order chi connectivity index (χ0) is 15.8. The molecule has 0 aromatic heterocycles. The minimum absolute atomic E-state index is 0.471. The summed E-state index contributed by atoms with van der Waals surface area (Å²) in [6, 6.07) is 8.90. The largest absolute Gasteiger partial charge is 0.416 e. The molecule has 2 rings (SSSR count). The van der Waals surface area contributed by atoms with E-state index >= 15 is 0 Å². The molecule has 0 heterocycles. The van der Waals surface area contributed by atoms with Crippen LogP contribution in [0.1, 0.15) is 33.9 Å². The maximum absolute atomic E-state index is 12.7. The van der Waals surface area contributed by atoms with E-state index in [1.165, 1.54) is 6.07 Å². The van der Waals surface area contributed by atoms with Crippen molar-refractivity contribution in [1.29, 1.82) is 0 Å². The molecular weight excluding hydrogens is 343 g/mol. The van der Waals surface area contributed by atoms with Crippen molar-refractivity contribution in [2.45, 2.75) is 26.1 Å². The van der Waals surface area contributed by atoms with Crippen LogP contribution in [0.5, 0.6) is 0 Å². The molecular formula is C16H15BrF3N. The molecule has 0 radical (unpaired) electrons. The lowest BCUT2D eigenvalue weighted by Gasteiger charge is -2.19. The molecule has 21 heavy (non-hydrogen) atoms. The summed E-state index contributed by atoms with van der Waals surface area (Å²) in [4.78, 5) is 0. The fourth-order valence-electron chi connectivity index (χ4n) is 2.28. The second kappa shape index (κ2) is 5.81. The molecule has 0 amide bonds. The molecule has 112 valence electrons. The molecule has 5 heteroatoms. The number of aryl methyl sites for hydroxylation is 2. The predicted molar refractivity (Wildman–Crippen MR) is 81.1 cm³/mol. The number of hydrogen-bond donors (Lipinski definition) is 1. The quantitative estimate of drug-likeness (QED) is 0.791. The van der Waals surface area contributed by atoms with Gasteiger partial charge in [-0.15, -0.1) is 0 Å². The first kappa shape index (κ1) is 16.0. The van der Waals surface area contributed by atoms with E-state index in [1.54, 1.807) is 6.92 Å². The van der Waals surface area contributed by atoms with Gasteiger partial charge in [-0.05, 0) is 48.2 Å². The van der Waals surface area contributed by atoms with Gasteiger partial charge in [-0.2, -0.15) is 13.2 Å². The lowest BCUT2D eigenvalue weighted by atomic mass is 9.93. The average Bonchev–Trinajstić information content (AvgIpc) is 2.40. The smallest absolute Gasteiger partial charge is 0.320 e. The molecule has 2 aromatic rings. The van der Waals surface area contributed by atoms with Crippen molar-refractivity contribution in [2.24, 2.45) is 5.73 Å². The Morgan fingerprint density at radius 2 is 1.67 bits per heavy atom. The van der Waals surface area contributed by atoms with E-state index < -0.39 is 17.8 Å². The van der Waals surface area contributed by atoms with Gasteiger partial charge >= 0.3 is 6.18 Å². The van der Waals surface area contributed by atoms with E-state index in [9.17, 15) is 13.2 Å². The third-order valence-corrected chi connectivity index (χ3v) is 4.57. The highest BCUT2D eigenvalue weighted by atomic mass is 79.9. The van der Waals surface area contributed by atoms with E-state index in [-0.39, 0.29) is 0 Å². The topological polar surface area (TPSA) is 26.0 Å². The first-order valence-electron chi connectivity index (χ1n) is 6.40. The van der Waals surface area contributed by atoms with E-state index in [2.05, 4.69) is 15.9 Å². The van der Waals surface area contributed by atoms with Crippen LogP contribution in [0.3, 0.4) is 0 Å². The van der Waals surface area contributed by atoms with Crippen molar-refractivity contribution in [2.75, 3.05) is 0 Å². The van der Waals surface area contributed by atoms with Crippen molar-refractivity contribution >= 4 is 15.9 Å². The van der Waals surface area contributed by atoms with Gasteiger partial charge in [0.1, 0.15) is 0 Å². The number of rotatable bonds is 2. The van der Waals surface area contributed by atoms with E-state index in [4.69, 9.17) is 5.73 Å². The molecule has 0 aliphatic heterocycles. The highest BCUT2D eigenvalue weighted by Gasteiger charge is 2.31. The summed E-state index contributed by atoms with van der Waals surface area (Å²) in [5.41, 5.74) is 8.70. The number of alkyl halides is 3. The van der Waals surface area contributed by atoms with Gasteiger partial charge in [-0.1, -0.05) is 40.2 Å². The Balaban J connectivity index is 2.45. The lowest BCUT2D eigenvalue weighted by Crippen LogP contribution is -2.15. The molecule has 0 saturated carbocycles. The van der Waals surface area contributed by atoms with Crippen LogP contribution in [0.25, 0.3) is 0 Å². The molecule has 2 aromatic carbocycles. The fourth-order valence-corrected chi connectivity index (χ4v) is 2.79. The molecule has 1 atom stereocenters. The third-order valence-electron chi connectivity index (χ3n) is 3.49. The van der Waals surface area contributed by atoms with Crippen LogP contribution in [0.4, 0.5) is 13.2 Å². The van der Waals surface area contributed by atoms with Crippen LogP contribution in [-0.4, -0.2) is 0 Å². The van der Waals surface area contributed by atoms with Crippen LogP contribution in [-0.2, 0) is 6.18 Å². The Bertz CT molecular complexity index is 665. The zero-order valence-corrected chi connectivity index (χ0v) is 13.2. The van der Waals surface area contributed by atoms with Crippen molar-refractivity contribution in [3.05, 3.63) is 68.7 Å². The minimum Gasteiger partial charge on any atom is -0.320 e. The minimum atomic E-state index is -4.34. The maximum Gasteiger partial charge on any atom is 0.416 e. The van der Waals surface area contributed by atoms with Crippen LogP contribution < -0.4 is 5.73 Å². The number of benzene rings is 2. The Morgan fingerprint density at radius 1 is 1.00 bits per heavy atom. The maximum atomic E-state index is 12.7. The number of hydrogen-bond acceptors (Lipinski definition) is 1. The summed E-state index contributed by atoms with van der Waals surface area (Å²) in [6.07, 6.45) is -4.34. The molecule has 0 bridgehead atoms. The van der Waals surface area contributed by atoms with Gasteiger partial charge in [-0.25, -0.2) is 0 Å². The predicted octanol–water partition coefficient (Wildman–Crippen LogP) is 5.13. The molecule has 0 saturated heterocycles. The monoisotopic (exact) mass is 357 g/mol. The Kier molecular flexibility index (Phi) is 4.44. The fraction of sp³-hybridized carbons (Fsp3) is 0.250. The first-order valence-corrected chi connectivity index (χ1v) is 7.19. The van der Waals surface area contributed by atoms with Gasteiger partial charge in [0.2, 0.25) is 0 Å². The van der Waals surface area contributed by atoms with Crippen LogP contribution >= 0.6 is 15.9 Å². The molecule has 0 aliphatic carbocycles. The Labute approximate surface area is 130 Å². The van der Waals surface area contributed by atoms with Gasteiger partial charge in [0.15, 0.2) is 0 Å². The zero-order valence-electron chi connectivity index (χ0n) is 11.6. The van der Waals surface area contributed by atoms with E-state index in [0.717, 1.165) is 27.7 Å². The summed E-state index contributed by atoms with van der Waals surface area (Å²) in [7, 11) is 0. The molecule has 2 N–H and O–H groups in total. The highest BCUT2D eigenvalue weighted by molar-refractivity contribution is 9.10. The summed E-state index contributed by atoms with van der Waals surface area (Å²) in [5.74, 6) is 0. The van der Waals surface area contributed by atoms with Crippen molar-refractivity contribution in [3.8, 4) is 0 Å². The molecule has 1 unspecified atom stereocenters. The van der Waals surface area contributed by atoms with Crippen molar-refractivity contribution in [3.63, 3.8) is 0 Å². The molecule has 0 aliphatic rings. The lowest BCUT2D eigenvalue weighted by molar-refractivity contribution is -0.137. The standard InChI is InChI=1S/C16H15BrF3N/c1-9-4-3-5-13(14(9)17)15(21)12-7-6-11(8-10(12)2)16(18,19)20/h3-8,15H,21H2,1-2H3. The number of halogens is 4. The third kappa shape index (κ3) is 3.30. The summed E-state index contributed by atoms with van der Waals surface area (Å²) < 4.78 is 39.0. The van der Waals surface area contributed by atoms with E-state index in [1.807, 2.05) is 25.1 Å². The van der Waals surface area contributed by atoms with Gasteiger partial charge in [0, 0.05) is 4.47 Å². The SMILES string of the molecule is Cc1cc(C(F)(F)F)ccc1C(N)c1cccc(C)c1Br. The van der Waals surface area contributed by atoms with Gasteiger partial charge in [-0.3, -0.25) is 0 Å².